The molecule has 1 aliphatic heterocycles. The van der Waals surface area contributed by atoms with Crippen LogP contribution in [-0.2, 0) is 0 Å². The van der Waals surface area contributed by atoms with Gasteiger partial charge in [0.1, 0.15) is 0 Å². The Hall–Kier alpha value is -3.12. The molecule has 4 rings (SSSR count). The highest BCUT2D eigenvalue weighted by Gasteiger charge is 2.35. The van der Waals surface area contributed by atoms with Crippen LogP contribution in [0.1, 0.15) is 50.3 Å². The number of hydrogen-bond donors (Lipinski definition) is 1. The van der Waals surface area contributed by atoms with Crippen LogP contribution >= 0.6 is 11.6 Å². The maximum atomic E-state index is 13.0. The van der Waals surface area contributed by atoms with Crippen molar-refractivity contribution in [2.75, 3.05) is 6.54 Å². The van der Waals surface area contributed by atoms with Gasteiger partial charge >= 0.3 is 6.03 Å². The second-order valence-electron chi connectivity index (χ2n) is 8.56. The number of aryl methyl sites for hydroxylation is 1. The molecule has 166 valence electrons. The summed E-state index contributed by atoms with van der Waals surface area (Å²) in [6.45, 7) is 8.87. The third-order valence-corrected chi connectivity index (χ3v) is 5.91. The third kappa shape index (κ3) is 4.55. The highest BCUT2D eigenvalue weighted by Crippen LogP contribution is 2.37. The monoisotopic (exact) mass is 450 g/mol. The lowest BCUT2D eigenvalue weighted by atomic mass is 9.94. The van der Waals surface area contributed by atoms with Crippen LogP contribution in [0.4, 0.5) is 4.79 Å². The zero-order valence-electron chi connectivity index (χ0n) is 18.7. The van der Waals surface area contributed by atoms with E-state index in [1.807, 2.05) is 62.4 Å². The van der Waals surface area contributed by atoms with E-state index in [4.69, 9.17) is 21.1 Å². The summed E-state index contributed by atoms with van der Waals surface area (Å²) < 4.78 is 5.73. The summed E-state index contributed by atoms with van der Waals surface area (Å²) in [7, 11) is 0. The number of benzene rings is 2. The van der Waals surface area contributed by atoms with Gasteiger partial charge < -0.3 is 9.84 Å². The zero-order valence-corrected chi connectivity index (χ0v) is 19.5. The Kier molecular flexibility index (Phi) is 6.33. The number of nitrogens with one attached hydrogen (secondary N) is 1. The Balaban J connectivity index is 1.79. The van der Waals surface area contributed by atoms with Gasteiger partial charge in [0.25, 0.3) is 5.89 Å². The summed E-state index contributed by atoms with van der Waals surface area (Å²) in [6.07, 6.45) is 0.891. The molecular formula is C25H27ClN4O2. The van der Waals surface area contributed by atoms with Gasteiger partial charge in [0.15, 0.2) is 0 Å². The van der Waals surface area contributed by atoms with E-state index < -0.39 is 6.04 Å². The largest absolute Gasteiger partial charge is 0.334 e. The number of amides is 2. The predicted octanol–water partition coefficient (Wildman–Crippen LogP) is 6.24. The van der Waals surface area contributed by atoms with Crippen molar-refractivity contribution in [1.29, 1.82) is 0 Å². The highest BCUT2D eigenvalue weighted by molar-refractivity contribution is 6.30. The van der Waals surface area contributed by atoms with Crippen molar-refractivity contribution in [3.05, 3.63) is 76.3 Å². The quantitative estimate of drug-likeness (QED) is 0.482. The summed E-state index contributed by atoms with van der Waals surface area (Å²) in [5, 5.41) is 7.98. The number of allylic oxidation sites excluding steroid dienone is 1. The topological polar surface area (TPSA) is 71.3 Å². The van der Waals surface area contributed by atoms with Crippen LogP contribution in [-0.4, -0.2) is 27.6 Å². The first-order valence-electron chi connectivity index (χ1n) is 10.8. The third-order valence-electron chi connectivity index (χ3n) is 5.66. The van der Waals surface area contributed by atoms with E-state index in [1.54, 1.807) is 4.90 Å². The fourth-order valence-corrected chi connectivity index (χ4v) is 3.98. The Labute approximate surface area is 193 Å². The Morgan fingerprint density at radius 2 is 1.91 bits per heavy atom. The lowest BCUT2D eigenvalue weighted by Crippen LogP contribution is -2.46. The second kappa shape index (κ2) is 9.17. The minimum absolute atomic E-state index is 0.134. The molecule has 0 spiro atoms. The summed E-state index contributed by atoms with van der Waals surface area (Å²) in [4.78, 5) is 19.5. The van der Waals surface area contributed by atoms with Gasteiger partial charge in [-0.2, -0.15) is 4.98 Å². The standard InChI is InChI=1S/C25H27ClN4O2/c1-15(2)12-13-30-17(4)21(22(27-25(30)31)18-8-10-20(26)11-9-18)24-28-23(29-32-24)19-7-5-6-16(3)14-19/h5-11,14-15,22H,12-13H2,1-4H3,(H,27,31). The average molecular weight is 451 g/mol. The van der Waals surface area contributed by atoms with Gasteiger partial charge in [0, 0.05) is 22.8 Å². The smallest absolute Gasteiger partial charge is 0.322 e. The number of halogens is 1. The molecule has 1 aliphatic rings. The average Bonchev–Trinajstić information content (AvgIpc) is 3.23. The van der Waals surface area contributed by atoms with Crippen LogP contribution < -0.4 is 5.32 Å². The van der Waals surface area contributed by atoms with E-state index in [2.05, 4.69) is 24.3 Å². The van der Waals surface area contributed by atoms with Crippen LogP contribution in [0, 0.1) is 12.8 Å². The predicted molar refractivity (Wildman–Crippen MR) is 126 cm³/mol. The number of urea groups is 1. The lowest BCUT2D eigenvalue weighted by molar-refractivity contribution is 0.202. The molecule has 0 saturated heterocycles. The van der Waals surface area contributed by atoms with Crippen LogP contribution in [0.3, 0.4) is 0 Å². The maximum absolute atomic E-state index is 13.0. The summed E-state index contributed by atoms with van der Waals surface area (Å²) in [5.41, 5.74) is 4.51. The van der Waals surface area contributed by atoms with Crippen LogP contribution in [0.25, 0.3) is 17.0 Å². The van der Waals surface area contributed by atoms with Crippen molar-refractivity contribution in [2.45, 2.75) is 40.2 Å². The van der Waals surface area contributed by atoms with Gasteiger partial charge in [-0.3, -0.25) is 4.90 Å². The Morgan fingerprint density at radius 3 is 2.59 bits per heavy atom. The van der Waals surface area contributed by atoms with E-state index in [1.165, 1.54) is 0 Å². The summed E-state index contributed by atoms with van der Waals surface area (Å²) >= 11 is 6.09. The van der Waals surface area contributed by atoms with Crippen LogP contribution in [0.2, 0.25) is 5.02 Å². The molecule has 0 radical (unpaired) electrons. The molecule has 0 fully saturated rings. The molecule has 0 aliphatic carbocycles. The van der Waals surface area contributed by atoms with E-state index in [-0.39, 0.29) is 6.03 Å². The number of carbonyl (C=O) groups is 1. The lowest BCUT2D eigenvalue weighted by Gasteiger charge is -2.35. The summed E-state index contributed by atoms with van der Waals surface area (Å²) in [6, 6.07) is 14.9. The Bertz CT molecular complexity index is 1150. The molecule has 7 heteroatoms. The maximum Gasteiger partial charge on any atom is 0.322 e. The zero-order chi connectivity index (χ0) is 22.8. The number of nitrogens with zero attached hydrogens (tertiary/aromatic N) is 3. The van der Waals surface area contributed by atoms with E-state index in [0.29, 0.717) is 29.2 Å². The fourth-order valence-electron chi connectivity index (χ4n) is 3.85. The van der Waals surface area contributed by atoms with Crippen molar-refractivity contribution >= 4 is 23.2 Å². The fraction of sp³-hybridized carbons (Fsp3) is 0.320. The molecule has 0 saturated carbocycles. The molecule has 1 N–H and O–H groups in total. The minimum Gasteiger partial charge on any atom is -0.334 e. The molecule has 2 heterocycles. The minimum atomic E-state index is -0.416. The molecular weight excluding hydrogens is 424 g/mol. The normalized spacial score (nSPS) is 16.6. The first-order chi connectivity index (χ1) is 15.3. The SMILES string of the molecule is CC1=C(c2nc(-c3cccc(C)c3)no2)C(c2ccc(Cl)cc2)NC(=O)N1CCC(C)C. The van der Waals surface area contributed by atoms with Gasteiger partial charge in [-0.1, -0.05) is 66.5 Å². The summed E-state index contributed by atoms with van der Waals surface area (Å²) in [5.74, 6) is 1.39. The van der Waals surface area contributed by atoms with E-state index in [0.717, 1.165) is 34.4 Å². The molecule has 3 aromatic rings. The van der Waals surface area contributed by atoms with Crippen molar-refractivity contribution in [1.82, 2.24) is 20.4 Å². The first kappa shape index (κ1) is 22.1. The number of hydrogen-bond acceptors (Lipinski definition) is 4. The Morgan fingerprint density at radius 1 is 1.16 bits per heavy atom. The van der Waals surface area contributed by atoms with Gasteiger partial charge in [-0.15, -0.1) is 0 Å². The van der Waals surface area contributed by atoms with E-state index >= 15 is 0 Å². The van der Waals surface area contributed by atoms with Crippen molar-refractivity contribution < 1.29 is 9.32 Å². The van der Waals surface area contributed by atoms with Crippen LogP contribution in [0.5, 0.6) is 0 Å². The molecule has 2 aromatic carbocycles. The number of aromatic nitrogens is 2. The van der Waals surface area contributed by atoms with Gasteiger partial charge in [0.05, 0.1) is 11.6 Å². The molecule has 2 amide bonds. The van der Waals surface area contributed by atoms with Gasteiger partial charge in [-0.25, -0.2) is 4.79 Å². The van der Waals surface area contributed by atoms with Gasteiger partial charge in [0.2, 0.25) is 5.82 Å². The molecule has 32 heavy (non-hydrogen) atoms. The molecule has 0 bridgehead atoms. The van der Waals surface area contributed by atoms with Crippen molar-refractivity contribution in [3.8, 4) is 11.4 Å². The van der Waals surface area contributed by atoms with Crippen LogP contribution in [0.15, 0.2) is 58.8 Å². The first-order valence-corrected chi connectivity index (χ1v) is 11.2. The molecule has 1 aromatic heterocycles. The number of carbonyl (C=O) groups excluding carboxylic acids is 1. The van der Waals surface area contributed by atoms with Gasteiger partial charge in [-0.05, 0) is 49.9 Å². The number of rotatable bonds is 6. The van der Waals surface area contributed by atoms with Crippen molar-refractivity contribution in [2.24, 2.45) is 5.92 Å². The highest BCUT2D eigenvalue weighted by atomic mass is 35.5. The van der Waals surface area contributed by atoms with E-state index in [9.17, 15) is 4.79 Å². The molecule has 1 atom stereocenters. The second-order valence-corrected chi connectivity index (χ2v) is 9.00. The molecule has 1 unspecified atom stereocenters. The van der Waals surface area contributed by atoms with Crippen molar-refractivity contribution in [3.63, 3.8) is 0 Å². The molecule has 6 nitrogen and oxygen atoms in total.